The number of ether oxygens (including phenoxy) is 1. The first-order valence-electron chi connectivity index (χ1n) is 10.2. The summed E-state index contributed by atoms with van der Waals surface area (Å²) in [6.45, 7) is 3.04. The molecule has 0 aliphatic carbocycles. The molecule has 2 N–H and O–H groups in total. The van der Waals surface area contributed by atoms with Gasteiger partial charge in [0.1, 0.15) is 11.6 Å². The molecule has 156 valence electrons. The van der Waals surface area contributed by atoms with Crippen molar-refractivity contribution in [2.45, 2.75) is 12.8 Å². The summed E-state index contributed by atoms with van der Waals surface area (Å²) >= 11 is 0. The van der Waals surface area contributed by atoms with E-state index in [9.17, 15) is 9.18 Å². The number of amides is 1. The first kappa shape index (κ1) is 21.3. The van der Waals surface area contributed by atoms with E-state index in [1.807, 2.05) is 18.2 Å². The van der Waals surface area contributed by atoms with Crippen LogP contribution in [-0.2, 0) is 11.2 Å². The van der Waals surface area contributed by atoms with Gasteiger partial charge in [-0.05, 0) is 30.5 Å². The smallest absolute Gasteiger partial charge is 0.224 e. The molecule has 0 radical (unpaired) electrons. The second-order valence-electron chi connectivity index (χ2n) is 7.58. The maximum atomic E-state index is 13.4. The summed E-state index contributed by atoms with van der Waals surface area (Å²) in [6, 6.07) is 16.4. The minimum Gasteiger partial charge on any atom is -0.493 e. The van der Waals surface area contributed by atoms with Crippen LogP contribution in [-0.4, -0.2) is 55.3 Å². The van der Waals surface area contributed by atoms with Crippen molar-refractivity contribution in [2.24, 2.45) is 11.8 Å². The molecule has 5 nitrogen and oxygen atoms in total. The first-order chi connectivity index (χ1) is 14.1. The third-order valence-corrected chi connectivity index (χ3v) is 5.24. The number of aliphatic hydroxyl groups is 1. The molecule has 1 aliphatic rings. The summed E-state index contributed by atoms with van der Waals surface area (Å²) in [5.74, 6) is 0.184. The molecule has 2 atom stereocenters. The highest BCUT2D eigenvalue weighted by Crippen LogP contribution is 2.24. The molecule has 1 amide bonds. The van der Waals surface area contributed by atoms with Crippen molar-refractivity contribution < 1.29 is 19.0 Å². The molecule has 29 heavy (non-hydrogen) atoms. The number of aliphatic hydroxyl groups excluding tert-OH is 1. The molecule has 0 saturated carbocycles. The van der Waals surface area contributed by atoms with Gasteiger partial charge in [-0.25, -0.2) is 4.39 Å². The highest BCUT2D eigenvalue weighted by atomic mass is 19.1. The van der Waals surface area contributed by atoms with E-state index in [1.54, 1.807) is 12.1 Å². The second kappa shape index (κ2) is 10.9. The Morgan fingerprint density at radius 2 is 2.00 bits per heavy atom. The zero-order valence-electron chi connectivity index (χ0n) is 16.6. The van der Waals surface area contributed by atoms with E-state index in [2.05, 4.69) is 22.3 Å². The molecule has 0 unspecified atom stereocenters. The van der Waals surface area contributed by atoms with Crippen LogP contribution in [0.25, 0.3) is 0 Å². The number of likely N-dealkylation sites (tertiary alicyclic amines) is 1. The molecule has 0 spiro atoms. The zero-order valence-corrected chi connectivity index (χ0v) is 16.6. The number of carbonyl (C=O) groups is 1. The number of rotatable bonds is 9. The lowest BCUT2D eigenvalue weighted by atomic mass is 9.88. The van der Waals surface area contributed by atoms with E-state index >= 15 is 0 Å². The van der Waals surface area contributed by atoms with Crippen molar-refractivity contribution >= 4 is 5.91 Å². The first-order valence-corrected chi connectivity index (χ1v) is 10.2. The van der Waals surface area contributed by atoms with Gasteiger partial charge in [-0.2, -0.15) is 0 Å². The van der Waals surface area contributed by atoms with Crippen molar-refractivity contribution in [1.29, 1.82) is 0 Å². The van der Waals surface area contributed by atoms with E-state index < -0.39 is 0 Å². The van der Waals surface area contributed by atoms with Crippen molar-refractivity contribution in [3.8, 4) is 5.75 Å². The molecule has 0 aromatic heterocycles. The van der Waals surface area contributed by atoms with Crippen LogP contribution in [0.4, 0.5) is 4.39 Å². The van der Waals surface area contributed by atoms with Gasteiger partial charge in [0.15, 0.2) is 0 Å². The monoisotopic (exact) mass is 400 g/mol. The fraction of sp³-hybridized carbons (Fsp3) is 0.435. The van der Waals surface area contributed by atoms with Gasteiger partial charge in [-0.15, -0.1) is 0 Å². The molecular formula is C23H29FN2O3. The minimum absolute atomic E-state index is 0.0285. The highest BCUT2D eigenvalue weighted by Gasteiger charge is 2.31. The van der Waals surface area contributed by atoms with Gasteiger partial charge in [0.05, 0.1) is 19.1 Å². The number of nitrogens with one attached hydrogen (secondary N) is 1. The Labute approximate surface area is 171 Å². The maximum Gasteiger partial charge on any atom is 0.224 e. The van der Waals surface area contributed by atoms with Gasteiger partial charge in [0.2, 0.25) is 5.91 Å². The van der Waals surface area contributed by atoms with E-state index in [-0.39, 0.29) is 36.7 Å². The summed E-state index contributed by atoms with van der Waals surface area (Å²) < 4.78 is 19.2. The predicted octanol–water partition coefficient (Wildman–Crippen LogP) is 2.49. The number of benzene rings is 2. The van der Waals surface area contributed by atoms with Crippen LogP contribution in [0.2, 0.25) is 0 Å². The second-order valence-corrected chi connectivity index (χ2v) is 7.58. The maximum absolute atomic E-state index is 13.4. The number of hydrogen-bond acceptors (Lipinski definition) is 4. The fourth-order valence-electron chi connectivity index (χ4n) is 3.82. The van der Waals surface area contributed by atoms with Crippen molar-refractivity contribution in [1.82, 2.24) is 10.2 Å². The van der Waals surface area contributed by atoms with Crippen LogP contribution in [0.5, 0.6) is 5.75 Å². The summed E-state index contributed by atoms with van der Waals surface area (Å²) in [4.78, 5) is 14.8. The third kappa shape index (κ3) is 6.84. The molecule has 3 rings (SSSR count). The standard InChI is InChI=1S/C23H29FN2O3/c24-21-7-4-8-22(14-21)29-17-19-13-20(23(28)25-10-12-27)16-26(15-19)11-9-18-5-2-1-3-6-18/h1-8,14,19-20,27H,9-13,15-17H2,(H,25,28)/t19-,20+/m0/s1. The van der Waals surface area contributed by atoms with Gasteiger partial charge >= 0.3 is 0 Å². The quantitative estimate of drug-likeness (QED) is 0.679. The topological polar surface area (TPSA) is 61.8 Å². The summed E-state index contributed by atoms with van der Waals surface area (Å²) in [7, 11) is 0. The Balaban J connectivity index is 1.60. The Kier molecular flexibility index (Phi) is 8.02. The molecule has 0 bridgehead atoms. The summed E-state index contributed by atoms with van der Waals surface area (Å²) in [5.41, 5.74) is 1.27. The Hall–Kier alpha value is -2.44. The number of piperidine rings is 1. The molecule has 2 aromatic rings. The Morgan fingerprint density at radius 1 is 1.17 bits per heavy atom. The van der Waals surface area contributed by atoms with E-state index in [0.717, 1.165) is 19.5 Å². The van der Waals surface area contributed by atoms with Crippen LogP contribution in [0, 0.1) is 17.7 Å². The van der Waals surface area contributed by atoms with Crippen LogP contribution >= 0.6 is 0 Å². The molecule has 1 aliphatic heterocycles. The Bertz CT molecular complexity index is 772. The average Bonchev–Trinajstić information content (AvgIpc) is 2.75. The van der Waals surface area contributed by atoms with Crippen molar-refractivity contribution in [2.75, 3.05) is 39.4 Å². The van der Waals surface area contributed by atoms with Crippen molar-refractivity contribution in [3.63, 3.8) is 0 Å². The summed E-state index contributed by atoms with van der Waals surface area (Å²) in [6.07, 6.45) is 1.64. The predicted molar refractivity (Wildman–Crippen MR) is 110 cm³/mol. The van der Waals surface area contributed by atoms with Gasteiger partial charge in [-0.3, -0.25) is 4.79 Å². The van der Waals surface area contributed by atoms with E-state index in [1.165, 1.54) is 17.7 Å². The number of nitrogens with zero attached hydrogens (tertiary/aromatic N) is 1. The van der Waals surface area contributed by atoms with Crippen LogP contribution in [0.1, 0.15) is 12.0 Å². The molecule has 6 heteroatoms. The summed E-state index contributed by atoms with van der Waals surface area (Å²) in [5, 5.41) is 11.8. The lowest BCUT2D eigenvalue weighted by Crippen LogP contribution is -2.48. The van der Waals surface area contributed by atoms with Crippen LogP contribution in [0.15, 0.2) is 54.6 Å². The van der Waals surface area contributed by atoms with E-state index in [4.69, 9.17) is 9.84 Å². The average molecular weight is 400 g/mol. The fourth-order valence-corrected chi connectivity index (χ4v) is 3.82. The molecule has 2 aromatic carbocycles. The lowest BCUT2D eigenvalue weighted by molar-refractivity contribution is -0.127. The van der Waals surface area contributed by atoms with Gasteiger partial charge in [0, 0.05) is 38.2 Å². The molecule has 1 fully saturated rings. The van der Waals surface area contributed by atoms with Crippen LogP contribution in [0.3, 0.4) is 0 Å². The van der Waals surface area contributed by atoms with E-state index in [0.29, 0.717) is 25.3 Å². The molecule has 1 heterocycles. The Morgan fingerprint density at radius 3 is 2.76 bits per heavy atom. The third-order valence-electron chi connectivity index (χ3n) is 5.24. The normalized spacial score (nSPS) is 19.7. The lowest BCUT2D eigenvalue weighted by Gasteiger charge is -2.37. The number of carbonyl (C=O) groups excluding carboxylic acids is 1. The van der Waals surface area contributed by atoms with Crippen LogP contribution < -0.4 is 10.1 Å². The van der Waals surface area contributed by atoms with Gasteiger partial charge in [0.25, 0.3) is 0 Å². The number of halogens is 1. The molecule has 1 saturated heterocycles. The largest absolute Gasteiger partial charge is 0.493 e. The van der Waals surface area contributed by atoms with Gasteiger partial charge in [-0.1, -0.05) is 36.4 Å². The number of hydrogen-bond donors (Lipinski definition) is 2. The SMILES string of the molecule is O=C(NCCO)[C@@H]1C[C@H](COc2cccc(F)c2)CN(CCc2ccccc2)C1. The molecular weight excluding hydrogens is 371 g/mol. The zero-order chi connectivity index (χ0) is 20.5. The van der Waals surface area contributed by atoms with Gasteiger partial charge < -0.3 is 20.1 Å². The highest BCUT2D eigenvalue weighted by molar-refractivity contribution is 5.79. The van der Waals surface area contributed by atoms with Crippen molar-refractivity contribution in [3.05, 3.63) is 66.0 Å². The minimum atomic E-state index is -0.322.